The third kappa shape index (κ3) is 13.9. The standard InChI is InChI=1S/C15H32NO/c1-3-5-6-7-8-9-10-11-12-13-15-16(17)14-4-2/h3-15H2,1-2H3/q-1. The maximum atomic E-state index is 11.2. The molecule has 0 N–H and O–H groups in total. The zero-order chi connectivity index (χ0) is 12.8. The molecule has 0 saturated carbocycles. The summed E-state index contributed by atoms with van der Waals surface area (Å²) in [4.78, 5) is 0. The summed E-state index contributed by atoms with van der Waals surface area (Å²) < 4.78 is 0. The Balaban J connectivity index is 2.98. The van der Waals surface area contributed by atoms with E-state index in [-0.39, 0.29) is 0 Å². The van der Waals surface area contributed by atoms with E-state index in [0.29, 0.717) is 6.54 Å². The Bertz CT molecular complexity index is 139. The zero-order valence-corrected chi connectivity index (χ0v) is 12.0. The van der Waals surface area contributed by atoms with Crippen molar-refractivity contribution in [3.63, 3.8) is 0 Å². The third-order valence-electron chi connectivity index (χ3n) is 3.23. The molecule has 0 unspecified atom stereocenters. The fraction of sp³-hybridized carbons (Fsp3) is 1.00. The molecule has 0 aliphatic carbocycles. The van der Waals surface area contributed by atoms with E-state index in [1.54, 1.807) is 0 Å². The van der Waals surface area contributed by atoms with Gasteiger partial charge in [0.05, 0.1) is 0 Å². The summed E-state index contributed by atoms with van der Waals surface area (Å²) in [5, 5.41) is 12.4. The molecule has 0 aromatic carbocycles. The molecular weight excluding hydrogens is 210 g/mol. The molecule has 0 aromatic rings. The fourth-order valence-corrected chi connectivity index (χ4v) is 2.14. The van der Waals surface area contributed by atoms with Gasteiger partial charge in [-0.2, -0.15) is 0 Å². The third-order valence-corrected chi connectivity index (χ3v) is 3.23. The maximum Gasteiger partial charge on any atom is -0.0145 e. The Morgan fingerprint density at radius 2 is 1.06 bits per heavy atom. The monoisotopic (exact) mass is 242 g/mol. The van der Waals surface area contributed by atoms with Crippen molar-refractivity contribution in [2.45, 2.75) is 84.5 Å². The first-order valence-corrected chi connectivity index (χ1v) is 7.73. The molecule has 0 spiro atoms. The lowest BCUT2D eigenvalue weighted by Crippen LogP contribution is -2.18. The molecule has 2 heteroatoms. The lowest BCUT2D eigenvalue weighted by molar-refractivity contribution is 0.363. The van der Waals surface area contributed by atoms with Crippen LogP contribution in [-0.4, -0.2) is 18.2 Å². The van der Waals surface area contributed by atoms with Crippen LogP contribution in [0.5, 0.6) is 0 Å². The summed E-state index contributed by atoms with van der Waals surface area (Å²) in [6.07, 6.45) is 14.3. The lowest BCUT2D eigenvalue weighted by atomic mass is 10.1. The van der Waals surface area contributed by atoms with Gasteiger partial charge in [0.1, 0.15) is 0 Å². The average molecular weight is 242 g/mol. The molecule has 0 aromatic heterocycles. The number of nitrogens with zero attached hydrogens (tertiary/aromatic N) is 1. The minimum absolute atomic E-state index is 0.706. The van der Waals surface area contributed by atoms with Crippen LogP contribution in [0, 0.1) is 5.21 Å². The predicted molar refractivity (Wildman–Crippen MR) is 77.1 cm³/mol. The topological polar surface area (TPSA) is 26.3 Å². The quantitative estimate of drug-likeness (QED) is 0.331. The average Bonchev–Trinajstić information content (AvgIpc) is 2.32. The molecule has 0 atom stereocenters. The Labute approximate surface area is 108 Å². The molecule has 0 saturated heterocycles. The van der Waals surface area contributed by atoms with Gasteiger partial charge in [0, 0.05) is 0 Å². The van der Waals surface area contributed by atoms with Gasteiger partial charge in [-0.3, -0.25) is 0 Å². The highest BCUT2D eigenvalue weighted by Gasteiger charge is 1.93. The second kappa shape index (κ2) is 14.0. The molecule has 0 aliphatic rings. The first kappa shape index (κ1) is 16.9. The van der Waals surface area contributed by atoms with E-state index < -0.39 is 0 Å². The summed E-state index contributed by atoms with van der Waals surface area (Å²) in [6.45, 7) is 5.77. The smallest absolute Gasteiger partial charge is 0.0145 e. The van der Waals surface area contributed by atoms with Crippen molar-refractivity contribution in [1.29, 1.82) is 0 Å². The minimum atomic E-state index is 0.706. The second-order valence-electron chi connectivity index (χ2n) is 5.11. The molecule has 0 bridgehead atoms. The van der Waals surface area contributed by atoms with Crippen LogP contribution < -0.4 is 0 Å². The van der Waals surface area contributed by atoms with Gasteiger partial charge < -0.3 is 10.3 Å². The Hall–Kier alpha value is -0.0800. The SMILES string of the molecule is CCCCCCCCCCCCN([O-])CCC. The normalized spacial score (nSPS) is 11.3. The summed E-state index contributed by atoms with van der Waals surface area (Å²) >= 11 is 0. The van der Waals surface area contributed by atoms with Crippen LogP contribution in [0.2, 0.25) is 0 Å². The highest BCUT2D eigenvalue weighted by molar-refractivity contribution is 4.56. The molecule has 2 nitrogen and oxygen atoms in total. The summed E-state index contributed by atoms with van der Waals surface area (Å²) in [5.41, 5.74) is 0. The largest absolute Gasteiger partial charge is 0.785 e. The van der Waals surface area contributed by atoms with E-state index in [1.165, 1.54) is 62.9 Å². The van der Waals surface area contributed by atoms with Gasteiger partial charge >= 0.3 is 0 Å². The van der Waals surface area contributed by atoms with Crippen LogP contribution >= 0.6 is 0 Å². The number of hydrogen-bond acceptors (Lipinski definition) is 2. The number of hydrogen-bond donors (Lipinski definition) is 0. The second-order valence-corrected chi connectivity index (χ2v) is 5.11. The van der Waals surface area contributed by atoms with Crippen molar-refractivity contribution in [1.82, 2.24) is 5.06 Å². The minimum Gasteiger partial charge on any atom is -0.785 e. The molecule has 0 aliphatic heterocycles. The van der Waals surface area contributed by atoms with Gasteiger partial charge in [-0.25, -0.2) is 0 Å². The number of hydroxylamine groups is 2. The molecule has 0 rings (SSSR count). The van der Waals surface area contributed by atoms with Gasteiger partial charge in [0.15, 0.2) is 0 Å². The van der Waals surface area contributed by atoms with Gasteiger partial charge in [-0.05, 0) is 25.9 Å². The maximum absolute atomic E-state index is 11.2. The van der Waals surface area contributed by atoms with Gasteiger partial charge in [-0.15, -0.1) is 0 Å². The summed E-state index contributed by atoms with van der Waals surface area (Å²) in [7, 11) is 0. The first-order valence-electron chi connectivity index (χ1n) is 7.73. The van der Waals surface area contributed by atoms with Gasteiger partial charge in [0.2, 0.25) is 0 Å². The van der Waals surface area contributed by atoms with Crippen LogP contribution in [0.25, 0.3) is 0 Å². The Morgan fingerprint density at radius 3 is 1.53 bits per heavy atom. The van der Waals surface area contributed by atoms with Gasteiger partial charge in [0.25, 0.3) is 0 Å². The van der Waals surface area contributed by atoms with Crippen LogP contribution in [0.15, 0.2) is 0 Å². The highest BCUT2D eigenvalue weighted by Crippen LogP contribution is 2.10. The van der Waals surface area contributed by atoms with Gasteiger partial charge in [-0.1, -0.05) is 71.6 Å². The Morgan fingerprint density at radius 1 is 0.588 bits per heavy atom. The zero-order valence-electron chi connectivity index (χ0n) is 12.0. The van der Waals surface area contributed by atoms with Crippen molar-refractivity contribution >= 4 is 0 Å². The molecule has 0 heterocycles. The van der Waals surface area contributed by atoms with Crippen molar-refractivity contribution in [3.05, 3.63) is 5.21 Å². The van der Waals surface area contributed by atoms with E-state index >= 15 is 0 Å². The Kier molecular flexibility index (Phi) is 13.9. The van der Waals surface area contributed by atoms with Crippen LogP contribution in [0.4, 0.5) is 0 Å². The van der Waals surface area contributed by atoms with E-state index in [9.17, 15) is 5.21 Å². The predicted octanol–water partition coefficient (Wildman–Crippen LogP) is 5.12. The van der Waals surface area contributed by atoms with Crippen LogP contribution in [0.1, 0.15) is 84.5 Å². The first-order chi connectivity index (χ1) is 8.31. The van der Waals surface area contributed by atoms with Crippen LogP contribution in [0.3, 0.4) is 0 Å². The molecular formula is C15H32NO-. The van der Waals surface area contributed by atoms with Crippen molar-refractivity contribution in [2.24, 2.45) is 0 Å². The molecule has 17 heavy (non-hydrogen) atoms. The van der Waals surface area contributed by atoms with E-state index in [1.807, 2.05) is 0 Å². The number of rotatable bonds is 13. The van der Waals surface area contributed by atoms with Crippen molar-refractivity contribution in [3.8, 4) is 0 Å². The van der Waals surface area contributed by atoms with Crippen molar-refractivity contribution in [2.75, 3.05) is 13.1 Å². The van der Waals surface area contributed by atoms with E-state index in [4.69, 9.17) is 0 Å². The number of unbranched alkanes of at least 4 members (excludes halogenated alkanes) is 9. The van der Waals surface area contributed by atoms with E-state index in [2.05, 4.69) is 13.8 Å². The van der Waals surface area contributed by atoms with E-state index in [0.717, 1.165) is 19.4 Å². The molecule has 0 radical (unpaired) electrons. The fourth-order valence-electron chi connectivity index (χ4n) is 2.14. The van der Waals surface area contributed by atoms with Crippen LogP contribution in [-0.2, 0) is 0 Å². The molecule has 0 fully saturated rings. The lowest BCUT2D eigenvalue weighted by Gasteiger charge is -2.27. The molecule has 0 amide bonds. The molecule has 104 valence electrons. The van der Waals surface area contributed by atoms with Crippen molar-refractivity contribution < 1.29 is 0 Å². The summed E-state index contributed by atoms with van der Waals surface area (Å²) in [6, 6.07) is 0. The summed E-state index contributed by atoms with van der Waals surface area (Å²) in [5.74, 6) is 0. The highest BCUT2D eigenvalue weighted by atomic mass is 16.5.